The first-order valence-corrected chi connectivity index (χ1v) is 9.57. The van der Waals surface area contributed by atoms with Gasteiger partial charge in [-0.3, -0.25) is 4.79 Å². The fourth-order valence-corrected chi connectivity index (χ4v) is 4.11. The number of para-hydroxylation sites is 1. The van der Waals surface area contributed by atoms with Crippen molar-refractivity contribution in [2.45, 2.75) is 6.92 Å². The average Bonchev–Trinajstić information content (AvgIpc) is 3.24. The van der Waals surface area contributed by atoms with Gasteiger partial charge in [-0.2, -0.15) is 4.52 Å². The van der Waals surface area contributed by atoms with Gasteiger partial charge in [0.15, 0.2) is 16.5 Å². The molecule has 0 bridgehead atoms. The number of benzene rings is 1. The van der Waals surface area contributed by atoms with Gasteiger partial charge in [0.25, 0.3) is 5.91 Å². The third-order valence-electron chi connectivity index (χ3n) is 4.73. The lowest BCUT2D eigenvalue weighted by Gasteiger charge is -2.40. The minimum absolute atomic E-state index is 0.102. The van der Waals surface area contributed by atoms with Gasteiger partial charge in [-0.05, 0) is 31.2 Å². The van der Waals surface area contributed by atoms with Crippen molar-refractivity contribution in [3.63, 3.8) is 0 Å². The number of nitrogens with zero attached hydrogens (tertiary/aromatic N) is 6. The lowest BCUT2D eigenvalue weighted by molar-refractivity contribution is 0.0944. The Bertz CT molecular complexity index is 1110. The summed E-state index contributed by atoms with van der Waals surface area (Å²) in [5.41, 5.74) is 1.62. The van der Waals surface area contributed by atoms with Crippen LogP contribution < -0.4 is 10.2 Å². The predicted molar refractivity (Wildman–Crippen MR) is 103 cm³/mol. The normalized spacial score (nSPS) is 14.6. The fraction of sp³-hybridized carbons (Fsp3) is 0.278. The number of aryl methyl sites for hydroxylation is 1. The van der Waals surface area contributed by atoms with Crippen LogP contribution in [0.1, 0.15) is 15.6 Å². The number of amides is 1. The molecule has 0 spiro atoms. The first-order chi connectivity index (χ1) is 13.2. The standard InChI is InChI=1S/C18H17N7OS/c1-11-21-22-15-6-7-16(23-25(11)15)24-9-12(10-24)8-19-17(26)18-20-13-4-2-3-5-14(13)27-18/h2-7,12H,8-10H2,1H3,(H,19,26). The van der Waals surface area contributed by atoms with E-state index in [-0.39, 0.29) is 5.91 Å². The van der Waals surface area contributed by atoms with E-state index in [1.807, 2.05) is 43.3 Å². The van der Waals surface area contributed by atoms with Gasteiger partial charge in [-0.25, -0.2) is 4.98 Å². The summed E-state index contributed by atoms with van der Waals surface area (Å²) in [4.78, 5) is 18.9. The Morgan fingerprint density at radius 2 is 2.07 bits per heavy atom. The van der Waals surface area contributed by atoms with Crippen molar-refractivity contribution in [1.82, 2.24) is 30.1 Å². The summed E-state index contributed by atoms with van der Waals surface area (Å²) in [6, 6.07) is 11.7. The summed E-state index contributed by atoms with van der Waals surface area (Å²) in [6.45, 7) is 4.24. The fourth-order valence-electron chi connectivity index (χ4n) is 3.22. The highest BCUT2D eigenvalue weighted by Crippen LogP contribution is 2.24. The summed E-state index contributed by atoms with van der Waals surface area (Å²) in [5, 5.41) is 16.2. The molecular formula is C18H17N7OS. The highest BCUT2D eigenvalue weighted by Gasteiger charge is 2.29. The second-order valence-corrected chi connectivity index (χ2v) is 7.71. The number of rotatable bonds is 4. The maximum Gasteiger partial charge on any atom is 0.280 e. The van der Waals surface area contributed by atoms with E-state index >= 15 is 0 Å². The van der Waals surface area contributed by atoms with Crippen LogP contribution in [-0.4, -0.2) is 50.3 Å². The number of fused-ring (bicyclic) bond motifs is 2. The molecule has 8 nitrogen and oxygen atoms in total. The van der Waals surface area contributed by atoms with Crippen molar-refractivity contribution >= 4 is 38.9 Å². The van der Waals surface area contributed by atoms with Crippen LogP contribution in [0.3, 0.4) is 0 Å². The second-order valence-electron chi connectivity index (χ2n) is 6.68. The van der Waals surface area contributed by atoms with Crippen molar-refractivity contribution in [2.75, 3.05) is 24.5 Å². The van der Waals surface area contributed by atoms with Crippen LogP contribution >= 0.6 is 11.3 Å². The molecule has 0 atom stereocenters. The predicted octanol–water partition coefficient (Wildman–Crippen LogP) is 1.91. The molecule has 1 N–H and O–H groups in total. The van der Waals surface area contributed by atoms with E-state index in [1.54, 1.807) is 4.52 Å². The van der Waals surface area contributed by atoms with Crippen molar-refractivity contribution in [3.8, 4) is 0 Å². The van der Waals surface area contributed by atoms with E-state index in [1.165, 1.54) is 11.3 Å². The van der Waals surface area contributed by atoms with Gasteiger partial charge in [-0.15, -0.1) is 26.6 Å². The van der Waals surface area contributed by atoms with Crippen LogP contribution in [0.15, 0.2) is 36.4 Å². The number of hydrogen-bond acceptors (Lipinski definition) is 7. The maximum absolute atomic E-state index is 12.4. The van der Waals surface area contributed by atoms with Crippen LogP contribution in [0.2, 0.25) is 0 Å². The Balaban J connectivity index is 1.18. The van der Waals surface area contributed by atoms with Gasteiger partial charge >= 0.3 is 0 Å². The molecule has 9 heteroatoms. The molecule has 4 aromatic rings. The molecule has 1 aliphatic heterocycles. The van der Waals surface area contributed by atoms with E-state index in [0.29, 0.717) is 17.5 Å². The number of hydrogen-bond donors (Lipinski definition) is 1. The molecule has 0 saturated carbocycles. The van der Waals surface area contributed by atoms with Gasteiger partial charge < -0.3 is 10.2 Å². The number of thiazole rings is 1. The third-order valence-corrected chi connectivity index (χ3v) is 5.76. The Morgan fingerprint density at radius 1 is 1.22 bits per heavy atom. The molecule has 1 amide bonds. The minimum Gasteiger partial charge on any atom is -0.354 e. The molecule has 27 heavy (non-hydrogen) atoms. The maximum atomic E-state index is 12.4. The number of anilines is 1. The molecule has 5 rings (SSSR count). The molecular weight excluding hydrogens is 362 g/mol. The molecule has 1 saturated heterocycles. The van der Waals surface area contributed by atoms with Gasteiger partial charge in [0.1, 0.15) is 5.82 Å². The van der Waals surface area contributed by atoms with Gasteiger partial charge in [-0.1, -0.05) is 12.1 Å². The molecule has 0 unspecified atom stereocenters. The summed E-state index contributed by atoms with van der Waals surface area (Å²) in [5.74, 6) is 1.98. The number of nitrogens with one attached hydrogen (secondary N) is 1. The summed E-state index contributed by atoms with van der Waals surface area (Å²) < 4.78 is 2.78. The molecule has 4 heterocycles. The summed E-state index contributed by atoms with van der Waals surface area (Å²) in [7, 11) is 0. The van der Waals surface area contributed by atoms with E-state index < -0.39 is 0 Å². The Hall–Kier alpha value is -3.07. The average molecular weight is 379 g/mol. The van der Waals surface area contributed by atoms with E-state index in [2.05, 4.69) is 30.5 Å². The molecule has 1 aliphatic rings. The van der Waals surface area contributed by atoms with Crippen molar-refractivity contribution in [2.24, 2.45) is 5.92 Å². The lowest BCUT2D eigenvalue weighted by atomic mass is 10.0. The van der Waals surface area contributed by atoms with Gasteiger partial charge in [0, 0.05) is 25.6 Å². The zero-order valence-electron chi connectivity index (χ0n) is 14.7. The zero-order valence-corrected chi connectivity index (χ0v) is 15.5. The van der Waals surface area contributed by atoms with Gasteiger partial charge in [0.2, 0.25) is 0 Å². The van der Waals surface area contributed by atoms with Crippen LogP contribution in [0.4, 0.5) is 5.82 Å². The smallest absolute Gasteiger partial charge is 0.280 e. The van der Waals surface area contributed by atoms with E-state index in [9.17, 15) is 4.79 Å². The molecule has 1 fully saturated rings. The molecule has 136 valence electrons. The molecule has 1 aromatic carbocycles. The van der Waals surface area contributed by atoms with E-state index in [0.717, 1.165) is 40.6 Å². The Labute approximate surface area is 158 Å². The second kappa shape index (κ2) is 6.27. The highest BCUT2D eigenvalue weighted by atomic mass is 32.1. The van der Waals surface area contributed by atoms with E-state index in [4.69, 9.17) is 0 Å². The van der Waals surface area contributed by atoms with Crippen molar-refractivity contribution in [3.05, 3.63) is 47.2 Å². The molecule has 0 radical (unpaired) electrons. The molecule has 3 aromatic heterocycles. The SMILES string of the molecule is Cc1nnc2ccc(N3CC(CNC(=O)c4nc5ccccc5s4)C3)nn12. The number of carbonyl (C=O) groups is 1. The topological polar surface area (TPSA) is 88.3 Å². The quantitative estimate of drug-likeness (QED) is 0.583. The van der Waals surface area contributed by atoms with Crippen LogP contribution in [-0.2, 0) is 0 Å². The monoisotopic (exact) mass is 379 g/mol. The summed E-state index contributed by atoms with van der Waals surface area (Å²) >= 11 is 1.43. The minimum atomic E-state index is -0.102. The van der Waals surface area contributed by atoms with Crippen molar-refractivity contribution in [1.29, 1.82) is 0 Å². The third kappa shape index (κ3) is 2.89. The molecule has 0 aliphatic carbocycles. The van der Waals surface area contributed by atoms with Gasteiger partial charge in [0.05, 0.1) is 10.2 Å². The lowest BCUT2D eigenvalue weighted by Crippen LogP contribution is -2.52. The first kappa shape index (κ1) is 16.1. The van der Waals surface area contributed by atoms with Crippen LogP contribution in [0.25, 0.3) is 15.9 Å². The summed E-state index contributed by atoms with van der Waals surface area (Å²) in [6.07, 6.45) is 0. The zero-order chi connectivity index (χ0) is 18.4. The van der Waals surface area contributed by atoms with Crippen LogP contribution in [0.5, 0.6) is 0 Å². The van der Waals surface area contributed by atoms with Crippen LogP contribution in [0, 0.1) is 12.8 Å². The number of carbonyl (C=O) groups excluding carboxylic acids is 1. The highest BCUT2D eigenvalue weighted by molar-refractivity contribution is 7.20. The van der Waals surface area contributed by atoms with Crippen molar-refractivity contribution < 1.29 is 4.79 Å². The largest absolute Gasteiger partial charge is 0.354 e. The Morgan fingerprint density at radius 3 is 2.93 bits per heavy atom. The Kier molecular flexibility index (Phi) is 3.75. The first-order valence-electron chi connectivity index (χ1n) is 8.75. The number of aromatic nitrogens is 5.